The molecule has 2 aromatic rings. The van der Waals surface area contributed by atoms with E-state index in [0.717, 1.165) is 24.8 Å². The van der Waals surface area contributed by atoms with E-state index < -0.39 is 15.9 Å². The second-order valence-electron chi connectivity index (χ2n) is 5.90. The van der Waals surface area contributed by atoms with Gasteiger partial charge in [0.15, 0.2) is 5.76 Å². The highest BCUT2D eigenvalue weighted by Crippen LogP contribution is 2.23. The highest BCUT2D eigenvalue weighted by molar-refractivity contribution is 7.89. The molecule has 0 radical (unpaired) electrons. The van der Waals surface area contributed by atoms with Gasteiger partial charge in [0.1, 0.15) is 0 Å². The number of furan rings is 1. The number of rotatable bonds is 4. The number of aryl methyl sites for hydroxylation is 1. The van der Waals surface area contributed by atoms with Gasteiger partial charge in [0.25, 0.3) is 15.9 Å². The number of piperidine rings is 1. The molecule has 3 rings (SSSR count). The largest absolute Gasteiger partial charge is 0.438 e. The number of nitrogens with zero attached hydrogens (tertiary/aromatic N) is 1. The average Bonchev–Trinajstić information content (AvgIpc) is 3.09. The Labute approximate surface area is 141 Å². The van der Waals surface area contributed by atoms with E-state index >= 15 is 0 Å². The second-order valence-corrected chi connectivity index (χ2v) is 7.77. The van der Waals surface area contributed by atoms with Crippen molar-refractivity contribution in [2.24, 2.45) is 0 Å². The molecule has 128 valence electrons. The van der Waals surface area contributed by atoms with Crippen molar-refractivity contribution in [1.29, 1.82) is 0 Å². The summed E-state index contributed by atoms with van der Waals surface area (Å²) in [5.41, 5.74) is 1.71. The number of carbonyl (C=O) groups excluding carboxylic acids is 1. The van der Waals surface area contributed by atoms with Gasteiger partial charge in [0.2, 0.25) is 5.09 Å². The molecular weight excluding hydrogens is 328 g/mol. The van der Waals surface area contributed by atoms with Gasteiger partial charge in [0, 0.05) is 18.8 Å². The lowest BCUT2D eigenvalue weighted by molar-refractivity contribution is 0.0991. The summed E-state index contributed by atoms with van der Waals surface area (Å²) in [6.45, 7) is 2.94. The van der Waals surface area contributed by atoms with Crippen LogP contribution in [-0.4, -0.2) is 31.7 Å². The smallest absolute Gasteiger partial charge is 0.291 e. The minimum atomic E-state index is -3.67. The fourth-order valence-corrected chi connectivity index (χ4v) is 4.07. The lowest BCUT2D eigenvalue weighted by Crippen LogP contribution is -2.35. The van der Waals surface area contributed by atoms with Crippen molar-refractivity contribution in [3.8, 4) is 0 Å². The maximum atomic E-state index is 12.5. The molecule has 1 fully saturated rings. The predicted molar refractivity (Wildman–Crippen MR) is 90.5 cm³/mol. The number of sulfonamides is 1. The zero-order valence-corrected chi connectivity index (χ0v) is 14.3. The Morgan fingerprint density at radius 1 is 1.04 bits per heavy atom. The Balaban J connectivity index is 1.74. The number of amides is 1. The third-order valence-corrected chi connectivity index (χ3v) is 5.80. The molecule has 0 saturated carbocycles. The van der Waals surface area contributed by atoms with Gasteiger partial charge in [0.05, 0.1) is 0 Å². The minimum absolute atomic E-state index is 0.0221. The maximum Gasteiger partial charge on any atom is 0.291 e. The van der Waals surface area contributed by atoms with Crippen LogP contribution < -0.4 is 5.32 Å². The van der Waals surface area contributed by atoms with Crippen LogP contribution in [0.4, 0.5) is 5.69 Å². The van der Waals surface area contributed by atoms with Crippen molar-refractivity contribution in [1.82, 2.24) is 4.31 Å². The fraction of sp³-hybridized carbons (Fsp3) is 0.353. The van der Waals surface area contributed by atoms with Crippen LogP contribution in [0.3, 0.4) is 0 Å². The number of carbonyl (C=O) groups is 1. The first-order valence-electron chi connectivity index (χ1n) is 7.95. The van der Waals surface area contributed by atoms with Crippen LogP contribution in [0.25, 0.3) is 0 Å². The standard InChI is InChI=1S/C17H20N2O4S/c1-13-5-7-14(8-6-13)18-17(20)15-9-10-16(23-15)24(21,22)19-11-3-2-4-12-19/h5-10H,2-4,11-12H2,1H3,(H,18,20). The Bertz CT molecular complexity index is 819. The predicted octanol–water partition coefficient (Wildman–Crippen LogP) is 3.01. The topological polar surface area (TPSA) is 79.6 Å². The van der Waals surface area contributed by atoms with Gasteiger partial charge < -0.3 is 9.73 Å². The van der Waals surface area contributed by atoms with Gasteiger partial charge in [-0.15, -0.1) is 0 Å². The molecular formula is C17H20N2O4S. The summed E-state index contributed by atoms with van der Waals surface area (Å²) < 4.78 is 31.8. The molecule has 0 spiro atoms. The summed E-state index contributed by atoms with van der Waals surface area (Å²) in [6.07, 6.45) is 2.73. The summed E-state index contributed by atoms with van der Waals surface area (Å²) >= 11 is 0. The molecule has 0 atom stereocenters. The van der Waals surface area contributed by atoms with E-state index in [1.54, 1.807) is 12.1 Å². The number of nitrogens with one attached hydrogen (secondary N) is 1. The van der Waals surface area contributed by atoms with Crippen molar-refractivity contribution in [3.05, 3.63) is 47.7 Å². The first-order chi connectivity index (χ1) is 11.5. The van der Waals surface area contributed by atoms with Crippen LogP contribution >= 0.6 is 0 Å². The Hall–Kier alpha value is -2.12. The van der Waals surface area contributed by atoms with E-state index in [0.29, 0.717) is 18.8 Å². The lowest BCUT2D eigenvalue weighted by atomic mass is 10.2. The fourth-order valence-electron chi connectivity index (χ4n) is 2.64. The van der Waals surface area contributed by atoms with Crippen molar-refractivity contribution in [3.63, 3.8) is 0 Å². The highest BCUT2D eigenvalue weighted by Gasteiger charge is 2.29. The Kier molecular flexibility index (Phi) is 4.73. The zero-order valence-electron chi connectivity index (χ0n) is 13.5. The molecule has 6 nitrogen and oxygen atoms in total. The van der Waals surface area contributed by atoms with Crippen molar-refractivity contribution >= 4 is 21.6 Å². The molecule has 1 aliphatic heterocycles. The molecule has 1 aliphatic rings. The summed E-state index contributed by atoms with van der Waals surface area (Å²) in [7, 11) is -3.67. The minimum Gasteiger partial charge on any atom is -0.438 e. The van der Waals surface area contributed by atoms with Gasteiger partial charge in [-0.25, -0.2) is 8.42 Å². The molecule has 1 aromatic carbocycles. The van der Waals surface area contributed by atoms with Gasteiger partial charge in [-0.1, -0.05) is 24.1 Å². The van der Waals surface area contributed by atoms with Crippen molar-refractivity contribution in [2.45, 2.75) is 31.3 Å². The summed E-state index contributed by atoms with van der Waals surface area (Å²) in [4.78, 5) is 12.2. The molecule has 1 aromatic heterocycles. The van der Waals surface area contributed by atoms with Crippen LogP contribution in [0.1, 0.15) is 35.4 Å². The molecule has 0 aliphatic carbocycles. The highest BCUT2D eigenvalue weighted by atomic mass is 32.2. The zero-order chi connectivity index (χ0) is 17.2. The second kappa shape index (κ2) is 6.78. The van der Waals surface area contributed by atoms with Crippen molar-refractivity contribution < 1.29 is 17.6 Å². The van der Waals surface area contributed by atoms with Crippen LogP contribution in [0.5, 0.6) is 0 Å². The van der Waals surface area contributed by atoms with Gasteiger partial charge in [-0.05, 0) is 44.0 Å². The molecule has 0 bridgehead atoms. The third kappa shape index (κ3) is 3.52. The summed E-state index contributed by atoms with van der Waals surface area (Å²) in [6, 6.07) is 10.0. The number of benzene rings is 1. The van der Waals surface area contributed by atoms with Crippen LogP contribution in [0, 0.1) is 6.92 Å². The van der Waals surface area contributed by atoms with Gasteiger partial charge in [-0.3, -0.25) is 4.79 Å². The molecule has 2 heterocycles. The van der Waals surface area contributed by atoms with E-state index in [-0.39, 0.29) is 10.9 Å². The van der Waals surface area contributed by atoms with Gasteiger partial charge in [-0.2, -0.15) is 4.31 Å². The molecule has 24 heavy (non-hydrogen) atoms. The van der Waals surface area contributed by atoms with Crippen LogP contribution in [0.15, 0.2) is 45.9 Å². The molecule has 0 unspecified atom stereocenters. The van der Waals surface area contributed by atoms with E-state index in [4.69, 9.17) is 4.42 Å². The Morgan fingerprint density at radius 3 is 2.38 bits per heavy atom. The van der Waals surface area contributed by atoms with Gasteiger partial charge >= 0.3 is 0 Å². The summed E-state index contributed by atoms with van der Waals surface area (Å²) in [5, 5.41) is 2.51. The first-order valence-corrected chi connectivity index (χ1v) is 9.39. The summed E-state index contributed by atoms with van der Waals surface area (Å²) in [5.74, 6) is -0.495. The first kappa shape index (κ1) is 16.7. The van der Waals surface area contributed by atoms with E-state index in [9.17, 15) is 13.2 Å². The molecule has 1 saturated heterocycles. The monoisotopic (exact) mass is 348 g/mol. The van der Waals surface area contributed by atoms with Crippen LogP contribution in [-0.2, 0) is 10.0 Å². The number of hydrogen-bond acceptors (Lipinski definition) is 4. The SMILES string of the molecule is Cc1ccc(NC(=O)c2ccc(S(=O)(=O)N3CCCCC3)o2)cc1. The molecule has 7 heteroatoms. The average molecular weight is 348 g/mol. The van der Waals surface area contributed by atoms with E-state index in [1.807, 2.05) is 19.1 Å². The number of anilines is 1. The quantitative estimate of drug-likeness (QED) is 0.921. The molecule has 1 amide bonds. The molecule has 1 N–H and O–H groups in total. The third-order valence-electron chi connectivity index (χ3n) is 4.02. The van der Waals surface area contributed by atoms with Crippen LogP contribution in [0.2, 0.25) is 0 Å². The lowest BCUT2D eigenvalue weighted by Gasteiger charge is -2.24. The number of hydrogen-bond donors (Lipinski definition) is 1. The Morgan fingerprint density at radius 2 is 1.71 bits per heavy atom. The maximum absolute atomic E-state index is 12.5. The van der Waals surface area contributed by atoms with Crippen molar-refractivity contribution in [2.75, 3.05) is 18.4 Å². The van der Waals surface area contributed by atoms with E-state index in [1.165, 1.54) is 16.4 Å². The normalized spacial score (nSPS) is 16.0. The van der Waals surface area contributed by atoms with E-state index in [2.05, 4.69) is 5.32 Å².